The van der Waals surface area contributed by atoms with Crippen molar-refractivity contribution in [3.63, 3.8) is 0 Å². The van der Waals surface area contributed by atoms with E-state index in [-0.39, 0.29) is 19.1 Å². The van der Waals surface area contributed by atoms with Gasteiger partial charge in [-0.15, -0.1) is 0 Å². The lowest BCUT2D eigenvalue weighted by molar-refractivity contribution is -0.870. The molecule has 3 N–H and O–H groups in total. The third kappa shape index (κ3) is 35.1. The number of carbonyl (C=O) groups excluding carboxylic acids is 1. The van der Waals surface area contributed by atoms with E-state index in [1.165, 1.54) is 70.6 Å². The maximum atomic E-state index is 12.7. The number of phosphoric acid groups is 1. The molecule has 3 unspecified atom stereocenters. The molecule has 0 aromatic carbocycles. The third-order valence-corrected chi connectivity index (χ3v) is 9.88. The molecule has 0 aliphatic rings. The SMILES string of the molecule is CCCCCCC/C=C\C/C=C\C/C=C\CCCCCCCCCCC(=O)NC(COP(=O)(O)OCC[N+](C)(C)C)C(O)CCCCCCC. The number of unbranched alkanes of at least 4 members (excludes halogenated alkanes) is 17. The van der Waals surface area contributed by atoms with E-state index in [4.69, 9.17) is 9.05 Å². The van der Waals surface area contributed by atoms with Crippen molar-refractivity contribution in [3.8, 4) is 0 Å². The van der Waals surface area contributed by atoms with Crippen molar-refractivity contribution in [1.29, 1.82) is 0 Å². The van der Waals surface area contributed by atoms with Gasteiger partial charge in [-0.3, -0.25) is 13.8 Å². The largest absolute Gasteiger partial charge is 0.472 e. The summed E-state index contributed by atoms with van der Waals surface area (Å²) < 4.78 is 23.4. The Hall–Kier alpha value is -1.28. The van der Waals surface area contributed by atoms with E-state index in [1.54, 1.807) is 0 Å². The molecule has 0 aromatic rings. The van der Waals surface area contributed by atoms with Crippen LogP contribution in [0.4, 0.5) is 0 Å². The summed E-state index contributed by atoms with van der Waals surface area (Å²) in [4.78, 5) is 22.9. The molecule has 0 spiro atoms. The van der Waals surface area contributed by atoms with E-state index < -0.39 is 20.0 Å². The monoisotopic (exact) mass is 728 g/mol. The highest BCUT2D eigenvalue weighted by atomic mass is 31.2. The maximum absolute atomic E-state index is 12.7. The zero-order valence-electron chi connectivity index (χ0n) is 33.1. The summed E-state index contributed by atoms with van der Waals surface area (Å²) in [6.07, 6.45) is 39.2. The van der Waals surface area contributed by atoms with E-state index >= 15 is 0 Å². The van der Waals surface area contributed by atoms with Gasteiger partial charge in [-0.05, 0) is 51.4 Å². The van der Waals surface area contributed by atoms with Crippen LogP contribution in [0.5, 0.6) is 0 Å². The summed E-state index contributed by atoms with van der Waals surface area (Å²) in [7, 11) is 1.60. The van der Waals surface area contributed by atoms with Gasteiger partial charge in [-0.25, -0.2) is 4.57 Å². The second-order valence-corrected chi connectivity index (χ2v) is 16.5. The molecule has 0 rings (SSSR count). The molecule has 0 aromatic heterocycles. The Bertz CT molecular complexity index is 917. The Morgan fingerprint density at radius 3 is 1.66 bits per heavy atom. The van der Waals surface area contributed by atoms with Crippen molar-refractivity contribution in [2.75, 3.05) is 40.9 Å². The van der Waals surface area contributed by atoms with Crippen LogP contribution in [0.1, 0.15) is 168 Å². The highest BCUT2D eigenvalue weighted by Gasteiger charge is 2.28. The molecular weight excluding hydrogens is 647 g/mol. The molecule has 0 saturated heterocycles. The first-order valence-corrected chi connectivity index (χ1v) is 21.8. The van der Waals surface area contributed by atoms with Gasteiger partial charge in [0.1, 0.15) is 13.2 Å². The van der Waals surface area contributed by atoms with Crippen LogP contribution in [0.25, 0.3) is 0 Å². The molecule has 0 fully saturated rings. The number of hydrogen-bond acceptors (Lipinski definition) is 5. The number of rotatable bonds is 36. The van der Waals surface area contributed by atoms with Crippen LogP contribution in [-0.4, -0.2) is 73.4 Å². The number of carbonyl (C=O) groups is 1. The highest BCUT2D eigenvalue weighted by Crippen LogP contribution is 2.43. The Kier molecular flexibility index (Phi) is 32.7. The van der Waals surface area contributed by atoms with E-state index in [0.717, 1.165) is 70.6 Å². The molecular formula is C41H80N2O6P+. The molecule has 8 nitrogen and oxygen atoms in total. The van der Waals surface area contributed by atoms with Crippen LogP contribution in [0.3, 0.4) is 0 Å². The number of nitrogens with zero attached hydrogens (tertiary/aromatic N) is 1. The van der Waals surface area contributed by atoms with Gasteiger partial charge in [-0.1, -0.05) is 147 Å². The summed E-state index contributed by atoms with van der Waals surface area (Å²) >= 11 is 0. The standard InChI is InChI=1S/C41H79N2O6P/c1-6-8-10-12-13-14-15-16-17-18-19-20-21-22-23-24-25-26-27-28-29-31-33-35-41(45)42-39(40(44)34-32-30-11-9-7-2)38-49-50(46,47)48-37-36-43(3,4)5/h15-16,18-19,21-22,39-40,44H,6-14,17,20,23-38H2,1-5H3,(H-,42,45,46,47)/p+1/b16-15-,19-18-,22-21-. The quantitative estimate of drug-likeness (QED) is 0.0257. The number of amides is 1. The molecule has 0 radical (unpaired) electrons. The van der Waals surface area contributed by atoms with E-state index in [1.807, 2.05) is 21.1 Å². The van der Waals surface area contributed by atoms with Crippen LogP contribution in [0.2, 0.25) is 0 Å². The number of quaternary nitrogens is 1. The molecule has 1 amide bonds. The Labute approximate surface area is 308 Å². The Morgan fingerprint density at radius 1 is 0.680 bits per heavy atom. The van der Waals surface area contributed by atoms with Crippen LogP contribution in [0.15, 0.2) is 36.5 Å². The molecule has 0 aliphatic heterocycles. The fraction of sp³-hybridized carbons (Fsp3) is 0.829. The molecule has 0 aliphatic carbocycles. The fourth-order valence-electron chi connectivity index (χ4n) is 5.58. The van der Waals surface area contributed by atoms with E-state index in [2.05, 4.69) is 55.6 Å². The Morgan fingerprint density at radius 2 is 1.14 bits per heavy atom. The number of aliphatic hydroxyl groups excluding tert-OH is 1. The summed E-state index contributed by atoms with van der Waals surface area (Å²) in [5.41, 5.74) is 0. The zero-order chi connectivity index (χ0) is 37.2. The lowest BCUT2D eigenvalue weighted by atomic mass is 10.0. The number of phosphoric ester groups is 1. The molecule has 3 atom stereocenters. The maximum Gasteiger partial charge on any atom is 0.472 e. The predicted molar refractivity (Wildman–Crippen MR) is 212 cm³/mol. The number of nitrogens with one attached hydrogen (secondary N) is 1. The molecule has 50 heavy (non-hydrogen) atoms. The number of hydrogen-bond donors (Lipinski definition) is 3. The minimum absolute atomic E-state index is 0.0711. The van der Waals surface area contributed by atoms with Crippen molar-refractivity contribution >= 4 is 13.7 Å². The van der Waals surface area contributed by atoms with Crippen molar-refractivity contribution in [2.45, 2.75) is 180 Å². The molecule has 9 heteroatoms. The van der Waals surface area contributed by atoms with Gasteiger partial charge in [-0.2, -0.15) is 0 Å². The van der Waals surface area contributed by atoms with Gasteiger partial charge in [0, 0.05) is 6.42 Å². The van der Waals surface area contributed by atoms with Crippen molar-refractivity contribution < 1.29 is 32.9 Å². The van der Waals surface area contributed by atoms with Gasteiger partial charge in [0.25, 0.3) is 0 Å². The second-order valence-electron chi connectivity index (χ2n) is 15.0. The van der Waals surface area contributed by atoms with Gasteiger partial charge in [0.05, 0.1) is 39.9 Å². The molecule has 294 valence electrons. The van der Waals surface area contributed by atoms with Crippen molar-refractivity contribution in [3.05, 3.63) is 36.5 Å². The minimum Gasteiger partial charge on any atom is -0.391 e. The number of allylic oxidation sites excluding steroid dienone is 6. The molecule has 0 bridgehead atoms. The Balaban J connectivity index is 4.12. The van der Waals surface area contributed by atoms with Gasteiger partial charge in [0.2, 0.25) is 5.91 Å². The topological polar surface area (TPSA) is 105 Å². The fourth-order valence-corrected chi connectivity index (χ4v) is 6.32. The normalized spacial score (nSPS) is 14.9. The average Bonchev–Trinajstić information content (AvgIpc) is 3.06. The van der Waals surface area contributed by atoms with Crippen LogP contribution in [-0.2, 0) is 18.4 Å². The predicted octanol–water partition coefficient (Wildman–Crippen LogP) is 10.7. The number of aliphatic hydroxyl groups is 1. The van der Waals surface area contributed by atoms with E-state index in [0.29, 0.717) is 23.9 Å². The van der Waals surface area contributed by atoms with Crippen LogP contribution < -0.4 is 5.32 Å². The number of likely N-dealkylation sites (N-methyl/N-ethyl adjacent to an activating group) is 1. The smallest absolute Gasteiger partial charge is 0.391 e. The van der Waals surface area contributed by atoms with Crippen LogP contribution in [0, 0.1) is 0 Å². The average molecular weight is 728 g/mol. The first-order valence-electron chi connectivity index (χ1n) is 20.4. The summed E-state index contributed by atoms with van der Waals surface area (Å²) in [6.45, 7) is 4.76. The lowest BCUT2D eigenvalue weighted by Gasteiger charge is -2.26. The van der Waals surface area contributed by atoms with Gasteiger partial charge in [0.15, 0.2) is 0 Å². The van der Waals surface area contributed by atoms with Gasteiger partial charge >= 0.3 is 7.82 Å². The first kappa shape index (κ1) is 48.7. The second kappa shape index (κ2) is 33.5. The molecule has 0 heterocycles. The minimum atomic E-state index is -4.30. The molecule has 0 saturated carbocycles. The van der Waals surface area contributed by atoms with Crippen molar-refractivity contribution in [1.82, 2.24) is 5.32 Å². The van der Waals surface area contributed by atoms with Crippen molar-refractivity contribution in [2.24, 2.45) is 0 Å². The van der Waals surface area contributed by atoms with Gasteiger partial charge < -0.3 is 19.8 Å². The highest BCUT2D eigenvalue weighted by molar-refractivity contribution is 7.47. The zero-order valence-corrected chi connectivity index (χ0v) is 34.0. The lowest BCUT2D eigenvalue weighted by Crippen LogP contribution is -2.46. The summed E-state index contributed by atoms with van der Waals surface area (Å²) in [5, 5.41) is 13.7. The van der Waals surface area contributed by atoms with E-state index in [9.17, 15) is 19.4 Å². The summed E-state index contributed by atoms with van der Waals surface area (Å²) in [6, 6.07) is -0.760. The first-order chi connectivity index (χ1) is 24.0. The summed E-state index contributed by atoms with van der Waals surface area (Å²) in [5.74, 6) is -0.161. The third-order valence-electron chi connectivity index (χ3n) is 8.89. The van der Waals surface area contributed by atoms with Crippen LogP contribution >= 0.6 is 7.82 Å².